The summed E-state index contributed by atoms with van der Waals surface area (Å²) in [5.41, 5.74) is 0.419. The Morgan fingerprint density at radius 2 is 2.18 bits per heavy atom. The highest BCUT2D eigenvalue weighted by atomic mass is 15.5. The number of rotatable bonds is 6. The highest BCUT2D eigenvalue weighted by molar-refractivity contribution is 4.87. The molecule has 1 aliphatic rings. The summed E-state index contributed by atoms with van der Waals surface area (Å²) < 4.78 is 1.96. The maximum Gasteiger partial charge on any atom is 0.165 e. The number of tetrazole rings is 1. The molecule has 1 aromatic heterocycles. The van der Waals surface area contributed by atoms with Gasteiger partial charge in [0.25, 0.3) is 0 Å². The molecule has 0 amide bonds. The minimum atomic E-state index is 0.419. The van der Waals surface area contributed by atoms with Crippen molar-refractivity contribution >= 4 is 0 Å². The van der Waals surface area contributed by atoms with E-state index in [1.54, 1.807) is 0 Å². The van der Waals surface area contributed by atoms with Crippen LogP contribution >= 0.6 is 0 Å². The maximum absolute atomic E-state index is 4.10. The fourth-order valence-corrected chi connectivity index (χ4v) is 2.25. The van der Waals surface area contributed by atoms with Gasteiger partial charge in [0, 0.05) is 0 Å². The third kappa shape index (κ3) is 3.25. The molecule has 0 bridgehead atoms. The zero-order valence-corrected chi connectivity index (χ0v) is 11.1. The zero-order valence-electron chi connectivity index (χ0n) is 11.1. The van der Waals surface area contributed by atoms with Crippen LogP contribution in [-0.2, 0) is 13.1 Å². The summed E-state index contributed by atoms with van der Waals surface area (Å²) in [6.07, 6.45) is 3.94. The Hall–Kier alpha value is -0.970. The molecular weight excluding hydrogens is 214 g/mol. The minimum Gasteiger partial charge on any atom is -0.310 e. The Morgan fingerprint density at radius 3 is 2.76 bits per heavy atom. The van der Waals surface area contributed by atoms with Gasteiger partial charge in [-0.05, 0) is 41.1 Å². The molecule has 1 aromatic rings. The molecule has 1 heterocycles. The zero-order chi connectivity index (χ0) is 12.3. The van der Waals surface area contributed by atoms with E-state index in [4.69, 9.17) is 0 Å². The number of hydrogen-bond acceptors (Lipinski definition) is 4. The average molecular weight is 237 g/mol. The fourth-order valence-electron chi connectivity index (χ4n) is 2.25. The van der Waals surface area contributed by atoms with Crippen LogP contribution in [0.2, 0.25) is 0 Å². The first-order valence-electron chi connectivity index (χ1n) is 6.55. The first kappa shape index (κ1) is 12.5. The van der Waals surface area contributed by atoms with Crippen molar-refractivity contribution < 1.29 is 0 Å². The highest BCUT2D eigenvalue weighted by Gasteiger charge is 2.33. The second kappa shape index (κ2) is 5.12. The van der Waals surface area contributed by atoms with E-state index < -0.39 is 0 Å². The Balaban J connectivity index is 1.87. The van der Waals surface area contributed by atoms with Crippen LogP contribution in [0.4, 0.5) is 0 Å². The number of hydrogen-bond donors (Lipinski definition) is 1. The molecule has 0 aliphatic heterocycles. The summed E-state index contributed by atoms with van der Waals surface area (Å²) in [4.78, 5) is 0. The minimum absolute atomic E-state index is 0.419. The van der Waals surface area contributed by atoms with Gasteiger partial charge in [-0.3, -0.25) is 0 Å². The normalized spacial score (nSPS) is 18.4. The van der Waals surface area contributed by atoms with E-state index >= 15 is 0 Å². The molecule has 0 spiro atoms. The quantitative estimate of drug-likeness (QED) is 0.816. The number of nitrogens with zero attached hydrogens (tertiary/aromatic N) is 4. The number of nitrogens with one attached hydrogen (secondary N) is 1. The molecule has 1 aliphatic carbocycles. The topological polar surface area (TPSA) is 55.6 Å². The Kier molecular flexibility index (Phi) is 3.76. The van der Waals surface area contributed by atoms with E-state index in [-0.39, 0.29) is 0 Å². The standard InChI is InChI=1S/C12H23N5/c1-10(2)7-13-8-11-14-15-16-17(11)9-12(3)5-4-6-12/h10,13H,4-9H2,1-3H3. The van der Waals surface area contributed by atoms with Crippen molar-refractivity contribution in [3.8, 4) is 0 Å². The maximum atomic E-state index is 4.10. The van der Waals surface area contributed by atoms with Crippen molar-refractivity contribution in [3.05, 3.63) is 5.82 Å². The molecule has 1 saturated carbocycles. The van der Waals surface area contributed by atoms with E-state index in [9.17, 15) is 0 Å². The van der Waals surface area contributed by atoms with Gasteiger partial charge in [0.15, 0.2) is 5.82 Å². The Labute approximate surface area is 103 Å². The van der Waals surface area contributed by atoms with E-state index in [2.05, 4.69) is 41.6 Å². The van der Waals surface area contributed by atoms with Crippen molar-refractivity contribution in [1.29, 1.82) is 0 Å². The molecule has 0 radical (unpaired) electrons. The molecule has 0 aromatic carbocycles. The van der Waals surface area contributed by atoms with Crippen molar-refractivity contribution in [3.63, 3.8) is 0 Å². The van der Waals surface area contributed by atoms with Gasteiger partial charge in [0.05, 0.1) is 13.1 Å². The largest absolute Gasteiger partial charge is 0.310 e. The van der Waals surface area contributed by atoms with Crippen molar-refractivity contribution in [2.45, 2.75) is 53.1 Å². The van der Waals surface area contributed by atoms with Crippen LogP contribution in [0.25, 0.3) is 0 Å². The first-order chi connectivity index (χ1) is 8.09. The third-order valence-electron chi connectivity index (χ3n) is 3.53. The Bertz CT molecular complexity index is 354. The van der Waals surface area contributed by atoms with Crippen molar-refractivity contribution in [2.24, 2.45) is 11.3 Å². The lowest BCUT2D eigenvalue weighted by Gasteiger charge is -2.38. The molecule has 1 fully saturated rings. The van der Waals surface area contributed by atoms with Crippen LogP contribution in [0.1, 0.15) is 45.9 Å². The molecule has 96 valence electrons. The second-order valence-corrected chi connectivity index (χ2v) is 5.94. The van der Waals surface area contributed by atoms with Crippen LogP contribution < -0.4 is 5.32 Å². The van der Waals surface area contributed by atoms with Crippen LogP contribution in [0.5, 0.6) is 0 Å². The van der Waals surface area contributed by atoms with Gasteiger partial charge < -0.3 is 5.32 Å². The average Bonchev–Trinajstić information content (AvgIpc) is 2.63. The third-order valence-corrected chi connectivity index (χ3v) is 3.53. The van der Waals surface area contributed by atoms with Crippen LogP contribution in [0, 0.1) is 11.3 Å². The van der Waals surface area contributed by atoms with E-state index in [0.29, 0.717) is 11.3 Å². The molecule has 0 unspecified atom stereocenters. The number of aromatic nitrogens is 4. The monoisotopic (exact) mass is 237 g/mol. The van der Waals surface area contributed by atoms with Gasteiger partial charge in [-0.25, -0.2) is 4.68 Å². The molecule has 0 saturated heterocycles. The SMILES string of the molecule is CC(C)CNCc1nnnn1CC1(C)CCC1. The van der Waals surface area contributed by atoms with Crippen LogP contribution in [0.3, 0.4) is 0 Å². The van der Waals surface area contributed by atoms with Gasteiger partial charge >= 0.3 is 0 Å². The lowest BCUT2D eigenvalue weighted by Crippen LogP contribution is -2.32. The summed E-state index contributed by atoms with van der Waals surface area (Å²) in [5, 5.41) is 15.4. The fraction of sp³-hybridized carbons (Fsp3) is 0.917. The van der Waals surface area contributed by atoms with Gasteiger partial charge in [-0.2, -0.15) is 0 Å². The highest BCUT2D eigenvalue weighted by Crippen LogP contribution is 2.41. The van der Waals surface area contributed by atoms with Gasteiger partial charge in [-0.1, -0.05) is 27.2 Å². The first-order valence-corrected chi connectivity index (χ1v) is 6.55. The predicted molar refractivity (Wildman–Crippen MR) is 66.3 cm³/mol. The molecule has 5 nitrogen and oxygen atoms in total. The summed E-state index contributed by atoms with van der Waals surface area (Å²) in [6, 6.07) is 0. The summed E-state index contributed by atoms with van der Waals surface area (Å²) in [7, 11) is 0. The van der Waals surface area contributed by atoms with Gasteiger partial charge in [-0.15, -0.1) is 5.10 Å². The van der Waals surface area contributed by atoms with Crippen molar-refractivity contribution in [1.82, 2.24) is 25.5 Å². The van der Waals surface area contributed by atoms with Crippen molar-refractivity contribution in [2.75, 3.05) is 6.54 Å². The van der Waals surface area contributed by atoms with E-state index in [1.165, 1.54) is 19.3 Å². The Morgan fingerprint density at radius 1 is 1.41 bits per heavy atom. The van der Waals surface area contributed by atoms with Crippen LogP contribution in [0.15, 0.2) is 0 Å². The molecule has 5 heteroatoms. The predicted octanol–water partition coefficient (Wildman–Crippen LogP) is 1.61. The summed E-state index contributed by atoms with van der Waals surface area (Å²) in [5.74, 6) is 1.61. The van der Waals surface area contributed by atoms with Crippen LogP contribution in [-0.4, -0.2) is 26.8 Å². The summed E-state index contributed by atoms with van der Waals surface area (Å²) in [6.45, 7) is 9.45. The lowest BCUT2D eigenvalue weighted by atomic mass is 9.70. The smallest absolute Gasteiger partial charge is 0.165 e. The lowest BCUT2D eigenvalue weighted by molar-refractivity contribution is 0.123. The molecule has 0 atom stereocenters. The summed E-state index contributed by atoms with van der Waals surface area (Å²) >= 11 is 0. The molecule has 1 N–H and O–H groups in total. The van der Waals surface area contributed by atoms with Gasteiger partial charge in [0.2, 0.25) is 0 Å². The van der Waals surface area contributed by atoms with E-state index in [0.717, 1.165) is 25.5 Å². The molecule has 17 heavy (non-hydrogen) atoms. The molecule has 2 rings (SSSR count). The second-order valence-electron chi connectivity index (χ2n) is 5.94. The molecular formula is C12H23N5. The van der Waals surface area contributed by atoms with Gasteiger partial charge in [0.1, 0.15) is 0 Å². The van der Waals surface area contributed by atoms with E-state index in [1.807, 2.05) is 4.68 Å².